The third kappa shape index (κ3) is 2.28. The number of ether oxygens (including phenoxy) is 2. The highest BCUT2D eigenvalue weighted by atomic mass is 32.1. The van der Waals surface area contributed by atoms with Crippen LogP contribution in [0.3, 0.4) is 0 Å². The van der Waals surface area contributed by atoms with E-state index in [-0.39, 0.29) is 0 Å². The number of fused-ring (bicyclic) bond motifs is 1. The minimum absolute atomic E-state index is 0.305. The van der Waals surface area contributed by atoms with Crippen LogP contribution in [0.15, 0.2) is 18.2 Å². The molecule has 0 bridgehead atoms. The van der Waals surface area contributed by atoms with Crippen LogP contribution in [0.1, 0.15) is 11.6 Å². The van der Waals surface area contributed by atoms with Gasteiger partial charge in [-0.05, 0) is 31.8 Å². The molecule has 1 aliphatic rings. The molecule has 1 aromatic carbocycles. The largest absolute Gasteiger partial charge is 0.486 e. The Hall–Kier alpha value is -0.870. The molecule has 1 atom stereocenters. The Kier molecular flexibility index (Phi) is 3.61. The number of nitrogens with zero attached hydrogens (tertiary/aromatic N) is 1. The van der Waals surface area contributed by atoms with Gasteiger partial charge in [0, 0.05) is 11.8 Å². The summed E-state index contributed by atoms with van der Waals surface area (Å²) in [7, 11) is 4.11. The minimum Gasteiger partial charge on any atom is -0.486 e. The van der Waals surface area contributed by atoms with E-state index in [4.69, 9.17) is 9.47 Å². The van der Waals surface area contributed by atoms with Gasteiger partial charge in [-0.2, -0.15) is 12.6 Å². The summed E-state index contributed by atoms with van der Waals surface area (Å²) in [5, 5.41) is 0. The molecule has 1 aliphatic heterocycles. The molecule has 1 aromatic rings. The van der Waals surface area contributed by atoms with Crippen LogP contribution in [0.4, 0.5) is 0 Å². The summed E-state index contributed by atoms with van der Waals surface area (Å²) < 4.78 is 11.1. The van der Waals surface area contributed by atoms with E-state index < -0.39 is 0 Å². The maximum atomic E-state index is 5.57. The van der Waals surface area contributed by atoms with Crippen LogP contribution in [-0.2, 0) is 0 Å². The van der Waals surface area contributed by atoms with Crippen molar-refractivity contribution < 1.29 is 9.47 Å². The lowest BCUT2D eigenvalue weighted by atomic mass is 10.1. The predicted molar refractivity (Wildman–Crippen MR) is 67.7 cm³/mol. The van der Waals surface area contributed by atoms with Crippen LogP contribution < -0.4 is 9.47 Å². The van der Waals surface area contributed by atoms with Crippen LogP contribution in [-0.4, -0.2) is 38.0 Å². The molecule has 4 heteroatoms. The average molecular weight is 239 g/mol. The van der Waals surface area contributed by atoms with Crippen molar-refractivity contribution in [3.63, 3.8) is 0 Å². The molecule has 0 aliphatic carbocycles. The fraction of sp³-hybridized carbons (Fsp3) is 0.500. The fourth-order valence-corrected chi connectivity index (χ4v) is 2.37. The van der Waals surface area contributed by atoms with E-state index >= 15 is 0 Å². The van der Waals surface area contributed by atoms with Gasteiger partial charge in [0.1, 0.15) is 13.2 Å². The predicted octanol–water partition coefficient (Wildman–Crippen LogP) is 1.99. The van der Waals surface area contributed by atoms with E-state index in [0.717, 1.165) is 17.3 Å². The summed E-state index contributed by atoms with van der Waals surface area (Å²) in [6.45, 7) is 1.26. The second kappa shape index (κ2) is 4.97. The Morgan fingerprint density at radius 1 is 1.25 bits per heavy atom. The second-order valence-electron chi connectivity index (χ2n) is 4.07. The Labute approximate surface area is 102 Å². The molecule has 0 fully saturated rings. The third-order valence-electron chi connectivity index (χ3n) is 2.75. The highest BCUT2D eigenvalue weighted by Crippen LogP contribution is 2.33. The van der Waals surface area contributed by atoms with Crippen LogP contribution in [0, 0.1) is 0 Å². The van der Waals surface area contributed by atoms with Gasteiger partial charge in [0.2, 0.25) is 0 Å². The van der Waals surface area contributed by atoms with Crippen LogP contribution in [0.25, 0.3) is 0 Å². The lowest BCUT2D eigenvalue weighted by Gasteiger charge is -2.25. The van der Waals surface area contributed by atoms with E-state index in [9.17, 15) is 0 Å². The monoisotopic (exact) mass is 239 g/mol. The Morgan fingerprint density at radius 3 is 2.56 bits per heavy atom. The normalized spacial score (nSPS) is 16.2. The first-order valence-electron chi connectivity index (χ1n) is 5.39. The highest BCUT2D eigenvalue weighted by Gasteiger charge is 2.17. The van der Waals surface area contributed by atoms with Gasteiger partial charge in [-0.3, -0.25) is 0 Å². The van der Waals surface area contributed by atoms with Crippen molar-refractivity contribution in [2.24, 2.45) is 0 Å². The highest BCUT2D eigenvalue weighted by molar-refractivity contribution is 7.80. The zero-order valence-electron chi connectivity index (χ0n) is 9.64. The van der Waals surface area contributed by atoms with Crippen LogP contribution >= 0.6 is 12.6 Å². The molecule has 3 nitrogen and oxygen atoms in total. The number of benzene rings is 1. The van der Waals surface area contributed by atoms with E-state index in [1.807, 2.05) is 6.07 Å². The Bertz CT molecular complexity index is 368. The molecule has 0 aromatic heterocycles. The second-order valence-corrected chi connectivity index (χ2v) is 4.43. The van der Waals surface area contributed by atoms with Crippen molar-refractivity contribution in [1.82, 2.24) is 4.90 Å². The van der Waals surface area contributed by atoms with Crippen LogP contribution in [0.5, 0.6) is 11.5 Å². The number of hydrogen-bond donors (Lipinski definition) is 1. The molecule has 0 radical (unpaired) electrons. The number of rotatable bonds is 3. The quantitative estimate of drug-likeness (QED) is 0.815. The number of hydrogen-bond acceptors (Lipinski definition) is 4. The van der Waals surface area contributed by atoms with Gasteiger partial charge in [-0.15, -0.1) is 0 Å². The SMILES string of the molecule is CN(C)C(CS)c1ccc2c(c1)OCCO2. The van der Waals surface area contributed by atoms with Gasteiger partial charge >= 0.3 is 0 Å². The van der Waals surface area contributed by atoms with Gasteiger partial charge < -0.3 is 14.4 Å². The molecule has 1 unspecified atom stereocenters. The lowest BCUT2D eigenvalue weighted by molar-refractivity contribution is 0.171. The van der Waals surface area contributed by atoms with Crippen LogP contribution in [0.2, 0.25) is 0 Å². The molecule has 0 saturated carbocycles. The summed E-state index contributed by atoms with van der Waals surface area (Å²) >= 11 is 4.38. The van der Waals surface area contributed by atoms with Gasteiger partial charge in [-0.1, -0.05) is 6.07 Å². The smallest absolute Gasteiger partial charge is 0.161 e. The minimum atomic E-state index is 0.305. The molecular weight excluding hydrogens is 222 g/mol. The third-order valence-corrected chi connectivity index (χ3v) is 3.09. The maximum absolute atomic E-state index is 5.57. The molecule has 0 spiro atoms. The molecule has 16 heavy (non-hydrogen) atoms. The zero-order valence-corrected chi connectivity index (χ0v) is 10.5. The summed E-state index contributed by atoms with van der Waals surface area (Å²) in [6, 6.07) is 6.41. The van der Waals surface area contributed by atoms with E-state index in [0.29, 0.717) is 19.3 Å². The topological polar surface area (TPSA) is 21.7 Å². The van der Waals surface area contributed by atoms with Gasteiger partial charge in [-0.25, -0.2) is 0 Å². The summed E-state index contributed by atoms with van der Waals surface area (Å²) in [4.78, 5) is 2.15. The van der Waals surface area contributed by atoms with Crippen molar-refractivity contribution in [2.45, 2.75) is 6.04 Å². The standard InChI is InChI=1S/C12H17NO2S/c1-13(2)10(8-16)9-3-4-11-12(7-9)15-6-5-14-11/h3-4,7,10,16H,5-6,8H2,1-2H3. The molecule has 0 amide bonds. The van der Waals surface area contributed by atoms with Crippen molar-refractivity contribution in [2.75, 3.05) is 33.1 Å². The summed E-state index contributed by atoms with van der Waals surface area (Å²) in [6.07, 6.45) is 0. The zero-order chi connectivity index (χ0) is 11.5. The van der Waals surface area contributed by atoms with Gasteiger partial charge in [0.25, 0.3) is 0 Å². The van der Waals surface area contributed by atoms with Gasteiger partial charge in [0.15, 0.2) is 11.5 Å². The van der Waals surface area contributed by atoms with Crippen molar-refractivity contribution in [3.05, 3.63) is 23.8 Å². The first-order valence-corrected chi connectivity index (χ1v) is 6.02. The first-order chi connectivity index (χ1) is 7.72. The Morgan fingerprint density at radius 2 is 1.94 bits per heavy atom. The lowest BCUT2D eigenvalue weighted by Crippen LogP contribution is -2.22. The van der Waals surface area contributed by atoms with Crippen molar-refractivity contribution in [3.8, 4) is 11.5 Å². The maximum Gasteiger partial charge on any atom is 0.161 e. The summed E-state index contributed by atoms with van der Waals surface area (Å²) in [5.74, 6) is 2.47. The Balaban J connectivity index is 2.28. The van der Waals surface area contributed by atoms with Crippen molar-refractivity contribution in [1.29, 1.82) is 0 Å². The van der Waals surface area contributed by atoms with E-state index in [1.54, 1.807) is 0 Å². The first kappa shape index (κ1) is 11.6. The molecular formula is C12H17NO2S. The van der Waals surface area contributed by atoms with E-state index in [1.165, 1.54) is 5.56 Å². The summed E-state index contributed by atoms with van der Waals surface area (Å²) in [5.41, 5.74) is 1.21. The average Bonchev–Trinajstić information content (AvgIpc) is 2.29. The fourth-order valence-electron chi connectivity index (χ4n) is 1.83. The molecule has 0 saturated heterocycles. The number of thiol groups is 1. The molecule has 1 heterocycles. The van der Waals surface area contributed by atoms with Gasteiger partial charge in [0.05, 0.1) is 0 Å². The van der Waals surface area contributed by atoms with E-state index in [2.05, 4.69) is 43.8 Å². The molecule has 0 N–H and O–H groups in total. The molecule has 2 rings (SSSR count). The molecule has 88 valence electrons. The van der Waals surface area contributed by atoms with Crippen molar-refractivity contribution >= 4 is 12.6 Å².